The van der Waals surface area contributed by atoms with E-state index in [9.17, 15) is 5.11 Å². The monoisotopic (exact) mass is 329 g/mol. The summed E-state index contributed by atoms with van der Waals surface area (Å²) in [5, 5.41) is 13.7. The standard InChI is InChI=1S/C20H27NO3/c1-14-5-8-17(9-6-14)18(22)13-21-15(2)11-16-7-10-19(23-3)20(12-16)24-4/h5-10,12,15,18,21-22H,11,13H2,1-4H3. The Morgan fingerprint density at radius 3 is 2.29 bits per heavy atom. The first kappa shape index (κ1) is 18.3. The molecule has 2 aromatic carbocycles. The second-order valence-corrected chi connectivity index (χ2v) is 6.13. The Morgan fingerprint density at radius 1 is 1.00 bits per heavy atom. The summed E-state index contributed by atoms with van der Waals surface area (Å²) in [5.41, 5.74) is 3.30. The van der Waals surface area contributed by atoms with Gasteiger partial charge in [-0.2, -0.15) is 0 Å². The minimum atomic E-state index is -0.501. The molecule has 0 saturated heterocycles. The van der Waals surface area contributed by atoms with Crippen molar-refractivity contribution in [3.63, 3.8) is 0 Å². The molecule has 4 nitrogen and oxygen atoms in total. The SMILES string of the molecule is COc1ccc(CC(C)NCC(O)c2ccc(C)cc2)cc1OC. The Hall–Kier alpha value is -2.04. The van der Waals surface area contributed by atoms with Crippen LogP contribution in [0, 0.1) is 6.92 Å². The topological polar surface area (TPSA) is 50.7 Å². The van der Waals surface area contributed by atoms with Gasteiger partial charge in [0.2, 0.25) is 0 Å². The highest BCUT2D eigenvalue weighted by atomic mass is 16.5. The van der Waals surface area contributed by atoms with E-state index in [0.29, 0.717) is 6.54 Å². The van der Waals surface area contributed by atoms with E-state index < -0.39 is 6.10 Å². The lowest BCUT2D eigenvalue weighted by molar-refractivity contribution is 0.170. The van der Waals surface area contributed by atoms with Gasteiger partial charge in [0.25, 0.3) is 0 Å². The maximum absolute atomic E-state index is 10.3. The number of hydrogen-bond acceptors (Lipinski definition) is 4. The van der Waals surface area contributed by atoms with E-state index in [1.165, 1.54) is 5.56 Å². The molecule has 0 radical (unpaired) electrons. The van der Waals surface area contributed by atoms with Crippen molar-refractivity contribution in [1.29, 1.82) is 0 Å². The van der Waals surface area contributed by atoms with Gasteiger partial charge < -0.3 is 19.9 Å². The van der Waals surface area contributed by atoms with Crippen LogP contribution in [-0.2, 0) is 6.42 Å². The summed E-state index contributed by atoms with van der Waals surface area (Å²) in [4.78, 5) is 0. The zero-order chi connectivity index (χ0) is 17.5. The Balaban J connectivity index is 1.88. The molecular formula is C20H27NO3. The molecular weight excluding hydrogens is 302 g/mol. The van der Waals surface area contributed by atoms with Gasteiger partial charge in [-0.25, -0.2) is 0 Å². The molecule has 2 unspecified atom stereocenters. The number of aryl methyl sites for hydroxylation is 1. The highest BCUT2D eigenvalue weighted by Gasteiger charge is 2.11. The number of hydrogen-bond donors (Lipinski definition) is 2. The number of rotatable bonds is 8. The van der Waals surface area contributed by atoms with Crippen LogP contribution in [0.2, 0.25) is 0 Å². The molecule has 2 rings (SSSR count). The first-order valence-corrected chi connectivity index (χ1v) is 8.22. The molecule has 0 spiro atoms. The van der Waals surface area contributed by atoms with Gasteiger partial charge in [-0.1, -0.05) is 35.9 Å². The molecule has 2 aromatic rings. The van der Waals surface area contributed by atoms with Crippen molar-refractivity contribution in [3.05, 3.63) is 59.2 Å². The number of ether oxygens (including phenoxy) is 2. The second kappa shape index (κ2) is 8.71. The lowest BCUT2D eigenvalue weighted by Crippen LogP contribution is -2.32. The van der Waals surface area contributed by atoms with Crippen LogP contribution in [0.3, 0.4) is 0 Å². The molecule has 130 valence electrons. The summed E-state index contributed by atoms with van der Waals surface area (Å²) in [7, 11) is 3.27. The van der Waals surface area contributed by atoms with Crippen LogP contribution in [0.15, 0.2) is 42.5 Å². The third-order valence-electron chi connectivity index (χ3n) is 4.11. The molecule has 24 heavy (non-hydrogen) atoms. The lowest BCUT2D eigenvalue weighted by atomic mass is 10.0. The number of nitrogens with one attached hydrogen (secondary N) is 1. The van der Waals surface area contributed by atoms with Crippen molar-refractivity contribution in [2.24, 2.45) is 0 Å². The fourth-order valence-electron chi connectivity index (χ4n) is 2.65. The quantitative estimate of drug-likeness (QED) is 0.780. The summed E-state index contributed by atoms with van der Waals surface area (Å²) in [5.74, 6) is 1.47. The van der Waals surface area contributed by atoms with Crippen LogP contribution in [0.5, 0.6) is 11.5 Å². The van der Waals surface area contributed by atoms with E-state index in [0.717, 1.165) is 29.0 Å². The first-order valence-electron chi connectivity index (χ1n) is 8.22. The molecule has 0 heterocycles. The van der Waals surface area contributed by atoms with Crippen LogP contribution in [0.25, 0.3) is 0 Å². The second-order valence-electron chi connectivity index (χ2n) is 6.13. The van der Waals surface area contributed by atoms with Crippen LogP contribution in [0.1, 0.15) is 29.7 Å². The predicted molar refractivity (Wildman–Crippen MR) is 96.9 cm³/mol. The third-order valence-corrected chi connectivity index (χ3v) is 4.11. The van der Waals surface area contributed by atoms with Crippen LogP contribution in [0.4, 0.5) is 0 Å². The van der Waals surface area contributed by atoms with Gasteiger partial charge in [0.15, 0.2) is 11.5 Å². The summed E-state index contributed by atoms with van der Waals surface area (Å²) in [6.07, 6.45) is 0.347. The average Bonchev–Trinajstić information content (AvgIpc) is 2.60. The molecule has 0 aliphatic carbocycles. The summed E-state index contributed by atoms with van der Waals surface area (Å²) < 4.78 is 10.6. The zero-order valence-electron chi connectivity index (χ0n) is 14.9. The Labute approximate surface area is 144 Å². The van der Waals surface area contributed by atoms with Gasteiger partial charge in [0.1, 0.15) is 0 Å². The summed E-state index contributed by atoms with van der Waals surface area (Å²) >= 11 is 0. The highest BCUT2D eigenvalue weighted by Crippen LogP contribution is 2.28. The maximum atomic E-state index is 10.3. The smallest absolute Gasteiger partial charge is 0.160 e. The molecule has 0 saturated carbocycles. The van der Waals surface area contributed by atoms with E-state index >= 15 is 0 Å². The molecule has 0 aromatic heterocycles. The summed E-state index contributed by atoms with van der Waals surface area (Å²) in [6, 6.07) is 14.2. The van der Waals surface area contributed by atoms with Crippen LogP contribution in [-0.4, -0.2) is 31.9 Å². The number of methoxy groups -OCH3 is 2. The molecule has 2 atom stereocenters. The molecule has 2 N–H and O–H groups in total. The minimum Gasteiger partial charge on any atom is -0.493 e. The highest BCUT2D eigenvalue weighted by molar-refractivity contribution is 5.43. The average molecular weight is 329 g/mol. The van der Waals surface area contributed by atoms with Crippen LogP contribution >= 0.6 is 0 Å². The van der Waals surface area contributed by atoms with Crippen molar-refractivity contribution >= 4 is 0 Å². The van der Waals surface area contributed by atoms with Crippen molar-refractivity contribution in [3.8, 4) is 11.5 Å². The maximum Gasteiger partial charge on any atom is 0.160 e. The molecule has 0 fully saturated rings. The number of aliphatic hydroxyl groups excluding tert-OH is 1. The van der Waals surface area contributed by atoms with Gasteiger partial charge in [-0.05, 0) is 43.5 Å². The zero-order valence-corrected chi connectivity index (χ0v) is 14.9. The Kier molecular flexibility index (Phi) is 6.64. The Morgan fingerprint density at radius 2 is 1.67 bits per heavy atom. The van der Waals surface area contributed by atoms with Gasteiger partial charge in [-0.3, -0.25) is 0 Å². The van der Waals surface area contributed by atoms with E-state index in [1.807, 2.05) is 49.4 Å². The van der Waals surface area contributed by atoms with E-state index in [4.69, 9.17) is 9.47 Å². The molecule has 0 aliphatic rings. The molecule has 0 aliphatic heterocycles. The fraction of sp³-hybridized carbons (Fsp3) is 0.400. The van der Waals surface area contributed by atoms with Gasteiger partial charge in [0, 0.05) is 12.6 Å². The van der Waals surface area contributed by atoms with Crippen molar-refractivity contribution in [1.82, 2.24) is 5.32 Å². The minimum absolute atomic E-state index is 0.239. The molecule has 4 heteroatoms. The van der Waals surface area contributed by atoms with Crippen molar-refractivity contribution in [2.75, 3.05) is 20.8 Å². The fourth-order valence-corrected chi connectivity index (χ4v) is 2.65. The van der Waals surface area contributed by atoms with Gasteiger partial charge in [0.05, 0.1) is 20.3 Å². The van der Waals surface area contributed by atoms with E-state index in [2.05, 4.69) is 12.2 Å². The largest absolute Gasteiger partial charge is 0.493 e. The van der Waals surface area contributed by atoms with Gasteiger partial charge >= 0.3 is 0 Å². The third kappa shape index (κ3) is 4.98. The summed E-state index contributed by atoms with van der Waals surface area (Å²) in [6.45, 7) is 4.68. The number of aliphatic hydroxyl groups is 1. The van der Waals surface area contributed by atoms with E-state index in [1.54, 1.807) is 14.2 Å². The molecule has 0 amide bonds. The first-order chi connectivity index (χ1) is 11.5. The van der Waals surface area contributed by atoms with Gasteiger partial charge in [-0.15, -0.1) is 0 Å². The van der Waals surface area contributed by atoms with E-state index in [-0.39, 0.29) is 6.04 Å². The van der Waals surface area contributed by atoms with Crippen molar-refractivity contribution < 1.29 is 14.6 Å². The van der Waals surface area contributed by atoms with Crippen molar-refractivity contribution in [2.45, 2.75) is 32.4 Å². The lowest BCUT2D eigenvalue weighted by Gasteiger charge is -2.18. The Bertz CT molecular complexity index is 640. The predicted octanol–water partition coefficient (Wildman–Crippen LogP) is 3.27. The number of benzene rings is 2. The van der Waals surface area contributed by atoms with Crippen LogP contribution < -0.4 is 14.8 Å². The molecule has 0 bridgehead atoms. The normalized spacial score (nSPS) is 13.4.